The number of carbonyl (C=O) groups excluding carboxylic acids is 2. The van der Waals surface area contributed by atoms with Crippen molar-refractivity contribution in [2.75, 3.05) is 31.2 Å². The van der Waals surface area contributed by atoms with Gasteiger partial charge in [-0.05, 0) is 31.4 Å². The molecule has 1 aromatic carbocycles. The first kappa shape index (κ1) is 19.2. The molecule has 9 heteroatoms. The largest absolute Gasteiger partial charge is 0.494 e. The lowest BCUT2D eigenvalue weighted by atomic mass is 10.1. The van der Waals surface area contributed by atoms with E-state index in [4.69, 9.17) is 4.74 Å². The normalized spacial score (nSPS) is 19.9. The number of hydrogen-bond acceptors (Lipinski definition) is 6. The number of sulfonamides is 1. The molecule has 2 amide bonds. The predicted molar refractivity (Wildman–Crippen MR) is 99.6 cm³/mol. The Labute approximate surface area is 157 Å². The Bertz CT molecular complexity index is 730. The summed E-state index contributed by atoms with van der Waals surface area (Å²) in [5.74, 6) is 0.781. The molecule has 1 aromatic rings. The third-order valence-corrected chi connectivity index (χ3v) is 7.32. The molecule has 2 aliphatic rings. The fourth-order valence-electron chi connectivity index (χ4n) is 3.17. The third-order valence-electron chi connectivity index (χ3n) is 4.53. The lowest BCUT2D eigenvalue weighted by molar-refractivity contribution is -0.126. The molecule has 0 aliphatic carbocycles. The molecule has 0 bridgehead atoms. The van der Waals surface area contributed by atoms with Gasteiger partial charge in [-0.2, -0.15) is 0 Å². The number of amides is 2. The summed E-state index contributed by atoms with van der Waals surface area (Å²) in [5.41, 5.74) is 0. The molecule has 0 N–H and O–H groups in total. The highest BCUT2D eigenvalue weighted by molar-refractivity contribution is 8.14. The Morgan fingerprint density at radius 1 is 1.12 bits per heavy atom. The van der Waals surface area contributed by atoms with E-state index in [1.54, 1.807) is 0 Å². The number of nitrogens with zero attached hydrogens (tertiary/aromatic N) is 2. The maximum Gasteiger partial charge on any atom is 0.289 e. The Hall–Kier alpha value is -1.58. The van der Waals surface area contributed by atoms with E-state index < -0.39 is 10.0 Å². The minimum Gasteiger partial charge on any atom is -0.494 e. The van der Waals surface area contributed by atoms with E-state index in [9.17, 15) is 18.0 Å². The summed E-state index contributed by atoms with van der Waals surface area (Å²) >= 11 is 1.02. The first-order valence-electron chi connectivity index (χ1n) is 8.62. The smallest absolute Gasteiger partial charge is 0.289 e. The van der Waals surface area contributed by atoms with Crippen LogP contribution in [-0.2, 0) is 14.8 Å². The maximum atomic E-state index is 12.5. The Balaban J connectivity index is 1.44. The summed E-state index contributed by atoms with van der Waals surface area (Å²) in [4.78, 5) is 24.9. The van der Waals surface area contributed by atoms with Gasteiger partial charge < -0.3 is 4.74 Å². The number of imide groups is 1. The minimum absolute atomic E-state index is 0.0297. The molecule has 0 aromatic heterocycles. The fourth-order valence-corrected chi connectivity index (χ4v) is 5.46. The van der Waals surface area contributed by atoms with E-state index in [0.717, 1.165) is 17.5 Å². The summed E-state index contributed by atoms with van der Waals surface area (Å²) in [7, 11) is -3.35. The van der Waals surface area contributed by atoms with E-state index in [2.05, 4.69) is 0 Å². The van der Waals surface area contributed by atoms with Crippen molar-refractivity contribution in [3.63, 3.8) is 0 Å². The van der Waals surface area contributed by atoms with Crippen LogP contribution in [0.1, 0.15) is 19.3 Å². The summed E-state index contributed by atoms with van der Waals surface area (Å²) in [5, 5.41) is -0.214. The molecule has 2 saturated heterocycles. The molecule has 26 heavy (non-hydrogen) atoms. The molecule has 2 fully saturated rings. The Morgan fingerprint density at radius 2 is 1.81 bits per heavy atom. The van der Waals surface area contributed by atoms with Crippen LogP contribution in [0.3, 0.4) is 0 Å². The Morgan fingerprint density at radius 3 is 2.42 bits per heavy atom. The van der Waals surface area contributed by atoms with Crippen LogP contribution in [0, 0.1) is 0 Å². The van der Waals surface area contributed by atoms with Gasteiger partial charge >= 0.3 is 0 Å². The van der Waals surface area contributed by atoms with Gasteiger partial charge in [-0.3, -0.25) is 14.5 Å². The maximum absolute atomic E-state index is 12.5. The third kappa shape index (κ3) is 4.57. The first-order chi connectivity index (χ1) is 12.5. The fraction of sp³-hybridized carbons (Fsp3) is 0.529. The number of hydrogen-bond donors (Lipinski definition) is 0. The van der Waals surface area contributed by atoms with Gasteiger partial charge in [0.25, 0.3) is 5.24 Å². The van der Waals surface area contributed by atoms with E-state index >= 15 is 0 Å². The summed E-state index contributed by atoms with van der Waals surface area (Å²) in [6.45, 7) is 1.02. The molecule has 2 heterocycles. The number of benzene rings is 1. The van der Waals surface area contributed by atoms with Gasteiger partial charge in [-0.1, -0.05) is 30.0 Å². The van der Waals surface area contributed by atoms with Crippen LogP contribution in [0.4, 0.5) is 4.79 Å². The molecule has 2 aliphatic heterocycles. The molecule has 7 nitrogen and oxygen atoms in total. The molecule has 0 unspecified atom stereocenters. The van der Waals surface area contributed by atoms with Crippen LogP contribution in [-0.4, -0.2) is 66.0 Å². The summed E-state index contributed by atoms with van der Waals surface area (Å²) in [6.07, 6.45) is 1.41. The highest BCUT2D eigenvalue weighted by atomic mass is 32.2. The Kier molecular flexibility index (Phi) is 6.20. The molecule has 3 rings (SSSR count). The zero-order valence-electron chi connectivity index (χ0n) is 14.4. The zero-order valence-corrected chi connectivity index (χ0v) is 16.0. The molecular weight excluding hydrogens is 376 g/mol. The molecule has 0 radical (unpaired) electrons. The van der Waals surface area contributed by atoms with Gasteiger partial charge in [0, 0.05) is 19.1 Å². The SMILES string of the molecule is O=C1CSC(=O)N1C1CCN(S(=O)(=O)CCCOc2ccccc2)CC1. The highest BCUT2D eigenvalue weighted by Crippen LogP contribution is 2.27. The minimum atomic E-state index is -3.35. The van der Waals surface area contributed by atoms with E-state index in [-0.39, 0.29) is 28.7 Å². The van der Waals surface area contributed by atoms with E-state index in [1.807, 2.05) is 30.3 Å². The quantitative estimate of drug-likeness (QED) is 0.653. The van der Waals surface area contributed by atoms with Crippen molar-refractivity contribution in [1.29, 1.82) is 0 Å². The molecule has 0 atom stereocenters. The van der Waals surface area contributed by atoms with Crippen molar-refractivity contribution in [1.82, 2.24) is 9.21 Å². The van der Waals surface area contributed by atoms with Crippen molar-refractivity contribution in [3.05, 3.63) is 30.3 Å². The van der Waals surface area contributed by atoms with Crippen LogP contribution in [0.5, 0.6) is 5.75 Å². The second-order valence-electron chi connectivity index (χ2n) is 6.28. The van der Waals surface area contributed by atoms with Crippen LogP contribution in [0.2, 0.25) is 0 Å². The highest BCUT2D eigenvalue weighted by Gasteiger charge is 2.38. The second kappa shape index (κ2) is 8.41. The average molecular weight is 399 g/mol. The summed E-state index contributed by atoms with van der Waals surface area (Å²) < 4.78 is 31.9. The number of carbonyl (C=O) groups is 2. The summed E-state index contributed by atoms with van der Waals surface area (Å²) in [6, 6.07) is 9.10. The van der Waals surface area contributed by atoms with Crippen LogP contribution in [0.25, 0.3) is 0 Å². The number of thioether (sulfide) groups is 1. The van der Waals surface area contributed by atoms with Crippen LogP contribution in [0.15, 0.2) is 30.3 Å². The van der Waals surface area contributed by atoms with Crippen molar-refractivity contribution in [3.8, 4) is 5.75 Å². The number of piperidine rings is 1. The standard InChI is InChI=1S/C17H22N2O5S2/c20-16-13-25-17(21)19(16)14-7-9-18(10-8-14)26(22,23)12-4-11-24-15-5-2-1-3-6-15/h1-3,5-6,14H,4,7-13H2. The number of ether oxygens (including phenoxy) is 1. The topological polar surface area (TPSA) is 84.0 Å². The van der Waals surface area contributed by atoms with E-state index in [0.29, 0.717) is 39.0 Å². The van der Waals surface area contributed by atoms with Gasteiger partial charge in [0.1, 0.15) is 5.75 Å². The van der Waals surface area contributed by atoms with Gasteiger partial charge in [-0.25, -0.2) is 12.7 Å². The molecular formula is C17H22N2O5S2. The van der Waals surface area contributed by atoms with Crippen molar-refractivity contribution < 1.29 is 22.7 Å². The number of para-hydroxylation sites is 1. The van der Waals surface area contributed by atoms with E-state index in [1.165, 1.54) is 9.21 Å². The lowest BCUT2D eigenvalue weighted by Crippen LogP contribution is -2.48. The predicted octanol–water partition coefficient (Wildman–Crippen LogP) is 1.95. The van der Waals surface area contributed by atoms with Crippen LogP contribution >= 0.6 is 11.8 Å². The van der Waals surface area contributed by atoms with Gasteiger partial charge in [-0.15, -0.1) is 0 Å². The van der Waals surface area contributed by atoms with Gasteiger partial charge in [0.05, 0.1) is 18.1 Å². The van der Waals surface area contributed by atoms with Gasteiger partial charge in [0.15, 0.2) is 0 Å². The monoisotopic (exact) mass is 398 g/mol. The molecule has 0 spiro atoms. The number of rotatable bonds is 7. The van der Waals surface area contributed by atoms with Crippen LogP contribution < -0.4 is 4.74 Å². The first-order valence-corrected chi connectivity index (χ1v) is 11.2. The lowest BCUT2D eigenvalue weighted by Gasteiger charge is -2.34. The molecule has 142 valence electrons. The zero-order chi connectivity index (χ0) is 18.6. The second-order valence-corrected chi connectivity index (χ2v) is 9.29. The van der Waals surface area contributed by atoms with Crippen molar-refractivity contribution >= 4 is 32.9 Å². The van der Waals surface area contributed by atoms with Crippen molar-refractivity contribution in [2.45, 2.75) is 25.3 Å². The van der Waals surface area contributed by atoms with Crippen molar-refractivity contribution in [2.24, 2.45) is 0 Å². The molecule has 0 saturated carbocycles. The van der Waals surface area contributed by atoms with Gasteiger partial charge in [0.2, 0.25) is 15.9 Å². The average Bonchev–Trinajstić information content (AvgIpc) is 2.98.